The first-order valence-corrected chi connectivity index (χ1v) is 15.2. The maximum absolute atomic E-state index is 14.1. The molecule has 0 aromatic heterocycles. The van der Waals surface area contributed by atoms with Gasteiger partial charge in [-0.05, 0) is 61.2 Å². The zero-order chi connectivity index (χ0) is 30.9. The minimum atomic E-state index is -4.73. The number of hydrogen-bond acceptors (Lipinski definition) is 4. The van der Waals surface area contributed by atoms with E-state index >= 15 is 0 Å². The third kappa shape index (κ3) is 8.12. The molecule has 0 unspecified atom stereocenters. The number of benzene rings is 3. The van der Waals surface area contributed by atoms with E-state index in [0.29, 0.717) is 16.9 Å². The highest BCUT2D eigenvalue weighted by Gasteiger charge is 2.36. The van der Waals surface area contributed by atoms with Gasteiger partial charge in [-0.15, -0.1) is 0 Å². The third-order valence-electron chi connectivity index (χ3n) is 6.89. The molecule has 0 aliphatic carbocycles. The molecule has 0 saturated heterocycles. The average Bonchev–Trinajstić information content (AvgIpc) is 2.96. The van der Waals surface area contributed by atoms with E-state index in [2.05, 4.69) is 5.32 Å². The van der Waals surface area contributed by atoms with Gasteiger partial charge < -0.3 is 10.2 Å². The van der Waals surface area contributed by atoms with E-state index in [1.165, 1.54) is 35.2 Å². The summed E-state index contributed by atoms with van der Waals surface area (Å²) >= 11 is 0. The van der Waals surface area contributed by atoms with E-state index in [1.54, 1.807) is 19.1 Å². The maximum atomic E-state index is 14.1. The van der Waals surface area contributed by atoms with Crippen LogP contribution < -0.4 is 9.62 Å². The first-order valence-electron chi connectivity index (χ1n) is 13.8. The number of alkyl halides is 3. The lowest BCUT2D eigenvalue weighted by atomic mass is 10.1. The molecule has 0 heterocycles. The van der Waals surface area contributed by atoms with Gasteiger partial charge in [0.1, 0.15) is 12.6 Å². The van der Waals surface area contributed by atoms with Crippen LogP contribution in [0.3, 0.4) is 0 Å². The van der Waals surface area contributed by atoms with Gasteiger partial charge >= 0.3 is 6.18 Å². The van der Waals surface area contributed by atoms with Crippen LogP contribution in [0.4, 0.5) is 18.9 Å². The summed E-state index contributed by atoms with van der Waals surface area (Å²) < 4.78 is 69.1. The summed E-state index contributed by atoms with van der Waals surface area (Å²) in [6, 6.07) is 17.4. The fourth-order valence-electron chi connectivity index (χ4n) is 4.48. The van der Waals surface area contributed by atoms with Gasteiger partial charge in [0.15, 0.2) is 0 Å². The Hall–Kier alpha value is -3.86. The predicted octanol–water partition coefficient (Wildman–Crippen LogP) is 5.93. The Kier molecular flexibility index (Phi) is 11.2. The zero-order valence-corrected chi connectivity index (χ0v) is 24.7. The third-order valence-corrected chi connectivity index (χ3v) is 8.68. The van der Waals surface area contributed by atoms with Crippen LogP contribution in [0.15, 0.2) is 83.8 Å². The average molecular weight is 604 g/mol. The number of aryl methyl sites for hydroxylation is 1. The van der Waals surface area contributed by atoms with E-state index in [0.717, 1.165) is 36.1 Å². The number of carbonyl (C=O) groups is 2. The molecule has 0 fully saturated rings. The van der Waals surface area contributed by atoms with Gasteiger partial charge in [0.25, 0.3) is 10.0 Å². The Morgan fingerprint density at radius 3 is 2.21 bits per heavy atom. The smallest absolute Gasteiger partial charge is 0.354 e. The second-order valence-corrected chi connectivity index (χ2v) is 11.8. The summed E-state index contributed by atoms with van der Waals surface area (Å²) in [6.07, 6.45) is -2.90. The molecule has 0 spiro atoms. The monoisotopic (exact) mass is 603 g/mol. The fraction of sp³-hybridized carbons (Fsp3) is 0.355. The van der Waals surface area contributed by atoms with Gasteiger partial charge in [-0.25, -0.2) is 8.42 Å². The Balaban J connectivity index is 2.09. The number of rotatable bonds is 13. The van der Waals surface area contributed by atoms with Crippen LogP contribution in [0.2, 0.25) is 0 Å². The van der Waals surface area contributed by atoms with Crippen LogP contribution in [0.25, 0.3) is 0 Å². The molecule has 1 atom stereocenters. The summed E-state index contributed by atoms with van der Waals surface area (Å²) in [6.45, 7) is 5.18. The first-order chi connectivity index (χ1) is 19.9. The molecule has 3 rings (SSSR count). The molecule has 2 amide bonds. The molecule has 3 aromatic carbocycles. The zero-order valence-electron chi connectivity index (χ0n) is 23.9. The highest BCUT2D eigenvalue weighted by Crippen LogP contribution is 2.33. The van der Waals surface area contributed by atoms with Gasteiger partial charge in [-0.1, -0.05) is 68.8 Å². The molecular weight excluding hydrogens is 567 g/mol. The van der Waals surface area contributed by atoms with Crippen LogP contribution in [0.1, 0.15) is 49.8 Å². The summed E-state index contributed by atoms with van der Waals surface area (Å²) in [5, 5.41) is 2.85. The lowest BCUT2D eigenvalue weighted by molar-refractivity contribution is -0.140. The molecule has 0 saturated carbocycles. The number of amides is 2. The van der Waals surface area contributed by atoms with Crippen LogP contribution in [-0.4, -0.2) is 44.3 Å². The molecule has 3 aromatic rings. The van der Waals surface area contributed by atoms with E-state index < -0.39 is 40.3 Å². The normalized spacial score (nSPS) is 12.4. The molecule has 42 heavy (non-hydrogen) atoms. The molecule has 1 N–H and O–H groups in total. The highest BCUT2D eigenvalue weighted by atomic mass is 32.2. The quantitative estimate of drug-likeness (QED) is 0.245. The molecule has 0 bridgehead atoms. The van der Waals surface area contributed by atoms with Crippen LogP contribution >= 0.6 is 0 Å². The molecular formula is C31H36F3N3O4S. The first kappa shape index (κ1) is 32.7. The van der Waals surface area contributed by atoms with Crippen molar-refractivity contribution >= 4 is 27.5 Å². The number of sulfonamides is 1. The van der Waals surface area contributed by atoms with Crippen LogP contribution in [-0.2, 0) is 32.3 Å². The van der Waals surface area contributed by atoms with E-state index in [1.807, 2.05) is 32.0 Å². The lowest BCUT2D eigenvalue weighted by Gasteiger charge is -2.33. The fourth-order valence-corrected chi connectivity index (χ4v) is 5.91. The van der Waals surface area contributed by atoms with Gasteiger partial charge in [0.2, 0.25) is 11.8 Å². The molecule has 0 aliphatic rings. The standard InChI is InChI=1S/C31H36F3N3O4S/c1-4-6-19-35-30(39)28(5-2)36(21-24-14-11-10-13-23(24)3)29(38)22-37(42(40,41)27-17-8-7-9-18-27)26-16-12-15-25(20-26)31(32,33)34/h7-18,20,28H,4-6,19,21-22H2,1-3H3,(H,35,39)/t28-/m1/s1. The number of nitrogens with zero attached hydrogens (tertiary/aromatic N) is 2. The van der Waals surface area contributed by atoms with Crippen LogP contribution in [0, 0.1) is 6.92 Å². The molecule has 0 radical (unpaired) electrons. The minimum absolute atomic E-state index is 0.00697. The van der Waals surface area contributed by atoms with Crippen molar-refractivity contribution < 1.29 is 31.2 Å². The number of nitrogens with one attached hydrogen (secondary N) is 1. The van der Waals surface area contributed by atoms with Gasteiger partial charge in [-0.2, -0.15) is 13.2 Å². The Morgan fingerprint density at radius 2 is 1.60 bits per heavy atom. The number of anilines is 1. The molecule has 226 valence electrons. The summed E-state index contributed by atoms with van der Waals surface area (Å²) in [7, 11) is -4.48. The molecule has 7 nitrogen and oxygen atoms in total. The lowest BCUT2D eigenvalue weighted by Crippen LogP contribution is -2.52. The van der Waals surface area contributed by atoms with E-state index in [-0.39, 0.29) is 29.5 Å². The van der Waals surface area contributed by atoms with Gasteiger partial charge in [0, 0.05) is 13.1 Å². The molecule has 11 heteroatoms. The Bertz CT molecular complexity index is 1460. The van der Waals surface area contributed by atoms with E-state index in [4.69, 9.17) is 0 Å². The summed E-state index contributed by atoms with van der Waals surface area (Å²) in [5.41, 5.74) is 0.239. The van der Waals surface area contributed by atoms with E-state index in [9.17, 15) is 31.2 Å². The Labute approximate surface area is 245 Å². The van der Waals surface area contributed by atoms with Crippen molar-refractivity contribution in [3.63, 3.8) is 0 Å². The van der Waals surface area contributed by atoms with Gasteiger partial charge in [0.05, 0.1) is 16.1 Å². The van der Waals surface area contributed by atoms with Crippen molar-refractivity contribution in [3.8, 4) is 0 Å². The van der Waals surface area contributed by atoms with Crippen LogP contribution in [0.5, 0.6) is 0 Å². The Morgan fingerprint density at radius 1 is 0.929 bits per heavy atom. The van der Waals surface area contributed by atoms with Crippen molar-refractivity contribution in [3.05, 3.63) is 95.6 Å². The summed E-state index contributed by atoms with van der Waals surface area (Å²) in [5.74, 6) is -1.11. The second-order valence-electron chi connectivity index (χ2n) is 9.89. The molecule has 0 aliphatic heterocycles. The second kappa shape index (κ2) is 14.4. The maximum Gasteiger partial charge on any atom is 0.416 e. The van der Waals surface area contributed by atoms with Crippen molar-refractivity contribution in [2.24, 2.45) is 0 Å². The largest absolute Gasteiger partial charge is 0.416 e. The number of hydrogen-bond donors (Lipinski definition) is 1. The highest BCUT2D eigenvalue weighted by molar-refractivity contribution is 7.92. The van der Waals surface area contributed by atoms with Crippen molar-refractivity contribution in [1.29, 1.82) is 0 Å². The SMILES string of the molecule is CCCCNC(=O)[C@@H](CC)N(Cc1ccccc1C)C(=O)CN(c1cccc(C(F)(F)F)c1)S(=O)(=O)c1ccccc1. The topological polar surface area (TPSA) is 86.8 Å². The van der Waals surface area contributed by atoms with Crippen molar-refractivity contribution in [1.82, 2.24) is 10.2 Å². The number of unbranched alkanes of at least 4 members (excludes halogenated alkanes) is 1. The number of carbonyl (C=O) groups excluding carboxylic acids is 2. The van der Waals surface area contributed by atoms with Crippen molar-refractivity contribution in [2.45, 2.75) is 63.7 Å². The predicted molar refractivity (Wildman–Crippen MR) is 156 cm³/mol. The number of halogens is 3. The van der Waals surface area contributed by atoms with Gasteiger partial charge in [-0.3, -0.25) is 13.9 Å². The van der Waals surface area contributed by atoms with Crippen molar-refractivity contribution in [2.75, 3.05) is 17.4 Å². The minimum Gasteiger partial charge on any atom is -0.354 e. The summed E-state index contributed by atoms with van der Waals surface area (Å²) in [4.78, 5) is 28.4.